The van der Waals surface area contributed by atoms with Crippen LogP contribution in [0.25, 0.3) is 4.83 Å². The molecule has 2 amide bonds. The lowest BCUT2D eigenvalue weighted by Crippen LogP contribution is -2.41. The van der Waals surface area contributed by atoms with Gasteiger partial charge in [-0.1, -0.05) is 24.4 Å². The van der Waals surface area contributed by atoms with Gasteiger partial charge in [-0.15, -0.1) is 16.4 Å². The summed E-state index contributed by atoms with van der Waals surface area (Å²) >= 11 is 1.16. The van der Waals surface area contributed by atoms with Crippen molar-refractivity contribution in [1.82, 2.24) is 19.5 Å². The minimum Gasteiger partial charge on any atom is -0.269 e. The maximum absolute atomic E-state index is 12.7. The van der Waals surface area contributed by atoms with E-state index in [1.807, 2.05) is 0 Å². The molecule has 2 aliphatic rings. The number of aryl methyl sites for hydroxylation is 1. The standard InChI is InChI=1S/C14H14N4O3S/c1-7-13-18(14(21)16-15-7)9-10(22-13)12(20)17(11(9)19)8-5-3-2-4-6-8/h8H,2-6H2,1H3. The predicted octanol–water partition coefficient (Wildman–Crippen LogP) is 1.39. The van der Waals surface area contributed by atoms with Crippen LogP contribution in [-0.2, 0) is 0 Å². The highest BCUT2D eigenvalue weighted by molar-refractivity contribution is 7.20. The molecule has 0 atom stereocenters. The van der Waals surface area contributed by atoms with Gasteiger partial charge in [-0.2, -0.15) is 0 Å². The molecule has 0 unspecified atom stereocenters. The molecule has 0 N–H and O–H groups in total. The minimum absolute atomic E-state index is 0.0463. The van der Waals surface area contributed by atoms with Crippen LogP contribution in [0.3, 0.4) is 0 Å². The number of imide groups is 1. The molecule has 0 radical (unpaired) electrons. The van der Waals surface area contributed by atoms with Gasteiger partial charge in [0.15, 0.2) is 0 Å². The van der Waals surface area contributed by atoms with Gasteiger partial charge in [-0.3, -0.25) is 14.5 Å². The summed E-state index contributed by atoms with van der Waals surface area (Å²) in [7, 11) is 0. The Morgan fingerprint density at radius 1 is 1.05 bits per heavy atom. The van der Waals surface area contributed by atoms with Gasteiger partial charge in [0.05, 0.1) is 5.69 Å². The highest BCUT2D eigenvalue weighted by Crippen LogP contribution is 2.35. The summed E-state index contributed by atoms with van der Waals surface area (Å²) in [5, 5.41) is 7.31. The number of rotatable bonds is 1. The van der Waals surface area contributed by atoms with E-state index in [4.69, 9.17) is 0 Å². The third kappa shape index (κ3) is 1.70. The van der Waals surface area contributed by atoms with Crippen molar-refractivity contribution in [3.05, 3.63) is 26.7 Å². The molecule has 7 nitrogen and oxygen atoms in total. The Kier molecular flexibility index (Phi) is 2.90. The van der Waals surface area contributed by atoms with Gasteiger partial charge in [0, 0.05) is 6.04 Å². The fourth-order valence-corrected chi connectivity index (χ4v) is 4.44. The van der Waals surface area contributed by atoms with E-state index in [1.54, 1.807) is 6.92 Å². The maximum atomic E-state index is 12.7. The number of carbonyl (C=O) groups is 2. The van der Waals surface area contributed by atoms with Crippen LogP contribution in [0, 0.1) is 6.92 Å². The molecule has 8 heteroatoms. The van der Waals surface area contributed by atoms with E-state index in [0.29, 0.717) is 15.4 Å². The van der Waals surface area contributed by atoms with E-state index in [0.717, 1.165) is 43.4 Å². The van der Waals surface area contributed by atoms with Crippen LogP contribution >= 0.6 is 11.3 Å². The van der Waals surface area contributed by atoms with Crippen LogP contribution in [0.1, 0.15) is 58.0 Å². The topological polar surface area (TPSA) is 84.6 Å². The van der Waals surface area contributed by atoms with E-state index >= 15 is 0 Å². The lowest BCUT2D eigenvalue weighted by molar-refractivity contribution is 0.0547. The first-order valence-corrected chi connectivity index (χ1v) is 8.18. The Labute approximate surface area is 129 Å². The second-order valence-electron chi connectivity index (χ2n) is 5.76. The summed E-state index contributed by atoms with van der Waals surface area (Å²) in [4.78, 5) is 39.6. The van der Waals surface area contributed by atoms with Crippen LogP contribution in [0.15, 0.2) is 4.79 Å². The summed E-state index contributed by atoms with van der Waals surface area (Å²) in [6.07, 6.45) is 4.89. The molecule has 1 aliphatic heterocycles. The Balaban J connectivity index is 1.88. The van der Waals surface area contributed by atoms with Crippen molar-refractivity contribution in [3.63, 3.8) is 0 Å². The molecule has 1 fully saturated rings. The quantitative estimate of drug-likeness (QED) is 0.742. The Morgan fingerprint density at radius 2 is 1.77 bits per heavy atom. The molecule has 0 bridgehead atoms. The molecule has 0 spiro atoms. The highest BCUT2D eigenvalue weighted by Gasteiger charge is 2.44. The van der Waals surface area contributed by atoms with E-state index in [2.05, 4.69) is 10.2 Å². The molecular weight excluding hydrogens is 304 g/mol. The van der Waals surface area contributed by atoms with E-state index < -0.39 is 5.69 Å². The zero-order valence-electron chi connectivity index (χ0n) is 12.0. The van der Waals surface area contributed by atoms with Crippen molar-refractivity contribution in [3.8, 4) is 0 Å². The molecule has 0 aromatic carbocycles. The fraction of sp³-hybridized carbons (Fsp3) is 0.500. The predicted molar refractivity (Wildman–Crippen MR) is 79.2 cm³/mol. The molecule has 3 heterocycles. The first kappa shape index (κ1) is 13.6. The third-order valence-corrected chi connectivity index (χ3v) is 5.64. The number of fused-ring (bicyclic) bond motifs is 3. The molecule has 22 heavy (non-hydrogen) atoms. The lowest BCUT2D eigenvalue weighted by atomic mass is 9.94. The highest BCUT2D eigenvalue weighted by atomic mass is 32.1. The Morgan fingerprint density at radius 3 is 2.50 bits per heavy atom. The largest absolute Gasteiger partial charge is 0.372 e. The van der Waals surface area contributed by atoms with Crippen molar-refractivity contribution >= 4 is 28.0 Å². The number of hydrogen-bond donors (Lipinski definition) is 0. The molecule has 0 saturated heterocycles. The van der Waals surface area contributed by atoms with Crippen molar-refractivity contribution in [2.45, 2.75) is 45.1 Å². The van der Waals surface area contributed by atoms with Crippen molar-refractivity contribution < 1.29 is 9.59 Å². The van der Waals surface area contributed by atoms with Gasteiger partial charge in [0.25, 0.3) is 11.8 Å². The van der Waals surface area contributed by atoms with Crippen molar-refractivity contribution in [1.29, 1.82) is 0 Å². The van der Waals surface area contributed by atoms with Crippen LogP contribution in [0.4, 0.5) is 0 Å². The molecule has 2 aromatic rings. The Bertz CT molecular complexity index is 863. The van der Waals surface area contributed by atoms with Gasteiger partial charge < -0.3 is 0 Å². The normalized spacial score (nSPS) is 19.2. The van der Waals surface area contributed by atoms with Gasteiger partial charge >= 0.3 is 5.69 Å². The maximum Gasteiger partial charge on any atom is 0.372 e. The SMILES string of the molecule is Cc1nnc(=O)n2c3c(sc12)C(=O)N(C1CCCCC1)C3=O. The lowest BCUT2D eigenvalue weighted by Gasteiger charge is -2.29. The number of thiazole rings is 1. The van der Waals surface area contributed by atoms with Crippen LogP contribution in [-0.4, -0.2) is 37.4 Å². The van der Waals surface area contributed by atoms with Gasteiger partial charge in [0.2, 0.25) is 0 Å². The van der Waals surface area contributed by atoms with Crippen molar-refractivity contribution in [2.75, 3.05) is 0 Å². The average molecular weight is 318 g/mol. The summed E-state index contributed by atoms with van der Waals surface area (Å²) in [5.41, 5.74) is 0.104. The fourth-order valence-electron chi connectivity index (χ4n) is 3.34. The smallest absolute Gasteiger partial charge is 0.269 e. The summed E-state index contributed by atoms with van der Waals surface area (Å²) in [6, 6.07) is -0.0463. The van der Waals surface area contributed by atoms with Crippen LogP contribution in [0.5, 0.6) is 0 Å². The van der Waals surface area contributed by atoms with Gasteiger partial charge in [-0.05, 0) is 19.8 Å². The van der Waals surface area contributed by atoms with Crippen LogP contribution in [0.2, 0.25) is 0 Å². The second-order valence-corrected chi connectivity index (χ2v) is 6.76. The van der Waals surface area contributed by atoms with Gasteiger partial charge in [-0.25, -0.2) is 9.20 Å². The first-order valence-electron chi connectivity index (χ1n) is 7.36. The Hall–Kier alpha value is -2.09. The van der Waals surface area contributed by atoms with Crippen LogP contribution < -0.4 is 5.69 Å². The minimum atomic E-state index is -0.607. The number of nitrogens with zero attached hydrogens (tertiary/aromatic N) is 4. The average Bonchev–Trinajstić information content (AvgIpc) is 3.03. The molecule has 114 valence electrons. The van der Waals surface area contributed by atoms with E-state index in [1.165, 1.54) is 9.30 Å². The monoisotopic (exact) mass is 318 g/mol. The number of amides is 2. The summed E-state index contributed by atoms with van der Waals surface area (Å²) in [5.74, 6) is -0.646. The summed E-state index contributed by atoms with van der Waals surface area (Å²) < 4.78 is 1.24. The second kappa shape index (κ2) is 4.70. The molecule has 1 aliphatic carbocycles. The summed E-state index contributed by atoms with van der Waals surface area (Å²) in [6.45, 7) is 1.71. The molecular formula is C14H14N4O3S. The first-order chi connectivity index (χ1) is 10.6. The zero-order chi connectivity index (χ0) is 15.4. The number of carbonyl (C=O) groups excluding carboxylic acids is 2. The molecule has 2 aromatic heterocycles. The van der Waals surface area contributed by atoms with Gasteiger partial charge in [0.1, 0.15) is 15.4 Å². The number of aromatic nitrogens is 3. The zero-order valence-corrected chi connectivity index (χ0v) is 12.9. The number of hydrogen-bond acceptors (Lipinski definition) is 6. The molecule has 1 saturated carbocycles. The van der Waals surface area contributed by atoms with Crippen molar-refractivity contribution in [2.24, 2.45) is 0 Å². The molecule has 4 rings (SSSR count). The van der Waals surface area contributed by atoms with E-state index in [-0.39, 0.29) is 23.6 Å². The van der Waals surface area contributed by atoms with E-state index in [9.17, 15) is 14.4 Å². The third-order valence-electron chi connectivity index (χ3n) is 4.40.